The van der Waals surface area contributed by atoms with E-state index in [9.17, 15) is 19.4 Å². The molecule has 0 saturated carbocycles. The van der Waals surface area contributed by atoms with Gasteiger partial charge in [0.25, 0.3) is 0 Å². The lowest BCUT2D eigenvalue weighted by Crippen LogP contribution is -2.45. The molecule has 3 N–H and O–H groups in total. The van der Waals surface area contributed by atoms with Gasteiger partial charge in [0.15, 0.2) is 0 Å². The number of likely N-dealkylation sites (N-methyl/N-ethyl adjacent to an activating group) is 1. The van der Waals surface area contributed by atoms with E-state index in [4.69, 9.17) is 9.05 Å². The number of rotatable bonds is 13. The number of hydrogen-bond acceptors (Lipinski definition) is 5. The number of phosphoric acid groups is 1. The highest BCUT2D eigenvalue weighted by molar-refractivity contribution is 7.47. The molecule has 0 spiro atoms. The van der Waals surface area contributed by atoms with Crippen molar-refractivity contribution in [3.8, 4) is 0 Å². The topological polar surface area (TPSA) is 105 Å². The Kier molecular flexibility index (Phi) is 11.4. The largest absolute Gasteiger partial charge is 0.472 e. The molecule has 0 aliphatic heterocycles. The Morgan fingerprint density at radius 1 is 1.28 bits per heavy atom. The van der Waals surface area contributed by atoms with Gasteiger partial charge in [0, 0.05) is 6.42 Å². The van der Waals surface area contributed by atoms with Gasteiger partial charge in [-0.15, -0.1) is 0 Å². The van der Waals surface area contributed by atoms with Crippen molar-refractivity contribution in [3.05, 3.63) is 12.2 Å². The maximum absolute atomic E-state index is 11.9. The summed E-state index contributed by atoms with van der Waals surface area (Å²) < 4.78 is 22.4. The lowest BCUT2D eigenvalue weighted by Gasteiger charge is -2.25. The van der Waals surface area contributed by atoms with E-state index in [0.29, 0.717) is 11.0 Å². The lowest BCUT2D eigenvalue weighted by atomic mass is 10.1. The van der Waals surface area contributed by atoms with Crippen molar-refractivity contribution in [2.45, 2.75) is 45.3 Å². The molecule has 8 nitrogen and oxygen atoms in total. The Morgan fingerprint density at radius 3 is 2.44 bits per heavy atom. The fourth-order valence-corrected chi connectivity index (χ4v) is 2.45. The van der Waals surface area contributed by atoms with Gasteiger partial charge in [0.2, 0.25) is 5.91 Å². The highest BCUT2D eigenvalue weighted by Gasteiger charge is 2.27. The summed E-state index contributed by atoms with van der Waals surface area (Å²) in [4.78, 5) is 21.3. The molecule has 1 amide bonds. The number of amides is 1. The molecule has 0 saturated heterocycles. The summed E-state index contributed by atoms with van der Waals surface area (Å²) in [5.41, 5.74) is 0. The number of phosphoric ester groups is 1. The minimum Gasteiger partial charge on any atom is -0.387 e. The number of hydrogen-bond donors (Lipinski definition) is 3. The third-order valence-electron chi connectivity index (χ3n) is 3.30. The minimum absolute atomic E-state index is 0.0578. The number of unbranched alkanes of at least 4 members (excludes halogenated alkanes) is 1. The first-order valence-corrected chi connectivity index (χ1v) is 10.1. The van der Waals surface area contributed by atoms with Gasteiger partial charge in [-0.05, 0) is 6.42 Å². The van der Waals surface area contributed by atoms with Crippen LogP contribution in [0.4, 0.5) is 0 Å². The summed E-state index contributed by atoms with van der Waals surface area (Å²) in [5.74, 6) is -0.282. The summed E-state index contributed by atoms with van der Waals surface area (Å²) in [5, 5.41) is 12.8. The summed E-state index contributed by atoms with van der Waals surface area (Å²) in [6, 6.07) is -0.831. The second kappa shape index (κ2) is 11.8. The van der Waals surface area contributed by atoms with Crippen LogP contribution in [0, 0.1) is 0 Å². The zero-order chi connectivity index (χ0) is 19.5. The number of allylic oxidation sites excluding steroid dienone is 1. The first kappa shape index (κ1) is 24.2. The van der Waals surface area contributed by atoms with E-state index < -0.39 is 20.0 Å². The molecule has 0 aromatic carbocycles. The average molecular weight is 381 g/mol. The Labute approximate surface area is 151 Å². The van der Waals surface area contributed by atoms with E-state index in [1.165, 1.54) is 0 Å². The first-order chi connectivity index (χ1) is 11.5. The minimum atomic E-state index is -4.25. The van der Waals surface area contributed by atoms with Crippen molar-refractivity contribution in [3.63, 3.8) is 0 Å². The highest BCUT2D eigenvalue weighted by atomic mass is 31.2. The fourth-order valence-electron chi connectivity index (χ4n) is 1.71. The van der Waals surface area contributed by atoms with Crippen LogP contribution >= 0.6 is 7.82 Å². The molecule has 0 aromatic heterocycles. The van der Waals surface area contributed by atoms with Crippen LogP contribution in [0.1, 0.15) is 33.1 Å². The molecule has 0 bridgehead atoms. The molecule has 9 heteroatoms. The molecule has 148 valence electrons. The van der Waals surface area contributed by atoms with Gasteiger partial charge in [-0.25, -0.2) is 4.57 Å². The van der Waals surface area contributed by atoms with Gasteiger partial charge >= 0.3 is 7.82 Å². The molecule has 0 aliphatic carbocycles. The maximum atomic E-state index is 11.9. The third kappa shape index (κ3) is 13.1. The van der Waals surface area contributed by atoms with Crippen LogP contribution in [0.2, 0.25) is 0 Å². The van der Waals surface area contributed by atoms with E-state index in [-0.39, 0.29) is 25.5 Å². The summed E-state index contributed by atoms with van der Waals surface area (Å²) >= 11 is 0. The van der Waals surface area contributed by atoms with E-state index in [0.717, 1.165) is 12.8 Å². The highest BCUT2D eigenvalue weighted by Crippen LogP contribution is 2.43. The summed E-state index contributed by atoms with van der Waals surface area (Å²) in [7, 11) is 1.54. The van der Waals surface area contributed by atoms with Crippen LogP contribution in [0.5, 0.6) is 0 Å². The zero-order valence-corrected chi connectivity index (χ0v) is 16.9. The molecule has 0 aromatic rings. The van der Waals surface area contributed by atoms with E-state index in [2.05, 4.69) is 5.32 Å². The van der Waals surface area contributed by atoms with Crippen molar-refractivity contribution < 1.29 is 32.9 Å². The van der Waals surface area contributed by atoms with Crippen LogP contribution in [-0.4, -0.2) is 73.4 Å². The van der Waals surface area contributed by atoms with Gasteiger partial charge in [0.05, 0.1) is 39.9 Å². The first-order valence-electron chi connectivity index (χ1n) is 8.57. The Hall–Kier alpha value is -0.760. The van der Waals surface area contributed by atoms with Crippen molar-refractivity contribution in [1.82, 2.24) is 5.32 Å². The predicted molar refractivity (Wildman–Crippen MR) is 96.9 cm³/mol. The Bertz CT molecular complexity index is 464. The SMILES string of the molecule is CCC/C=C/C(O)C(COP(=O)(O)OCC[N+](C)(C)C)NC(=O)CC. The molecular formula is C16H34N2O6P+. The molecule has 0 rings (SSSR count). The summed E-state index contributed by atoms with van der Waals surface area (Å²) in [6.07, 6.45) is 4.28. The monoisotopic (exact) mass is 381 g/mol. The number of carbonyl (C=O) groups excluding carboxylic acids is 1. The van der Waals surface area contributed by atoms with Gasteiger partial charge in [-0.3, -0.25) is 13.8 Å². The quantitative estimate of drug-likeness (QED) is 0.253. The van der Waals surface area contributed by atoms with Crippen molar-refractivity contribution in [2.75, 3.05) is 40.9 Å². The molecule has 25 heavy (non-hydrogen) atoms. The predicted octanol–water partition coefficient (Wildman–Crippen LogP) is 1.44. The summed E-state index contributed by atoms with van der Waals surface area (Å²) in [6.45, 7) is 3.94. The van der Waals surface area contributed by atoms with Crippen LogP contribution in [0.25, 0.3) is 0 Å². The number of quaternary nitrogens is 1. The second-order valence-electron chi connectivity index (χ2n) is 6.85. The van der Waals surface area contributed by atoms with E-state index in [1.807, 2.05) is 28.1 Å². The average Bonchev–Trinajstić information content (AvgIpc) is 2.49. The molecule has 0 radical (unpaired) electrons. The van der Waals surface area contributed by atoms with Crippen molar-refractivity contribution in [1.29, 1.82) is 0 Å². The second-order valence-corrected chi connectivity index (χ2v) is 8.30. The molecule has 3 atom stereocenters. The van der Waals surface area contributed by atoms with Gasteiger partial charge in [-0.2, -0.15) is 0 Å². The van der Waals surface area contributed by atoms with Crippen LogP contribution < -0.4 is 5.32 Å². The van der Waals surface area contributed by atoms with Gasteiger partial charge in [-0.1, -0.05) is 32.4 Å². The Balaban J connectivity index is 4.66. The third-order valence-corrected chi connectivity index (χ3v) is 4.29. The van der Waals surface area contributed by atoms with Crippen molar-refractivity contribution in [2.24, 2.45) is 0 Å². The van der Waals surface area contributed by atoms with E-state index in [1.54, 1.807) is 19.1 Å². The number of carbonyl (C=O) groups is 1. The normalized spacial score (nSPS) is 17.2. The molecule has 0 heterocycles. The number of aliphatic hydroxyl groups is 1. The van der Waals surface area contributed by atoms with Gasteiger partial charge in [0.1, 0.15) is 13.2 Å². The van der Waals surface area contributed by atoms with E-state index >= 15 is 0 Å². The maximum Gasteiger partial charge on any atom is 0.472 e. The molecule has 0 fully saturated rings. The van der Waals surface area contributed by atoms with Gasteiger partial charge < -0.3 is 19.8 Å². The standard InChI is InChI=1S/C16H33N2O6P/c1-6-8-9-10-15(19)14(17-16(20)7-2)13-24-25(21,22)23-12-11-18(3,4)5/h9-10,14-15,19H,6-8,11-13H2,1-5H3,(H-,17,20,21,22)/p+1/b10-9+. The number of nitrogens with one attached hydrogen (secondary N) is 1. The lowest BCUT2D eigenvalue weighted by molar-refractivity contribution is -0.870. The van der Waals surface area contributed by atoms with Crippen LogP contribution in [0.15, 0.2) is 12.2 Å². The fraction of sp³-hybridized carbons (Fsp3) is 0.812. The molecule has 3 unspecified atom stereocenters. The van der Waals surface area contributed by atoms with Crippen LogP contribution in [0.3, 0.4) is 0 Å². The number of aliphatic hydroxyl groups excluding tert-OH is 1. The molecular weight excluding hydrogens is 347 g/mol. The smallest absolute Gasteiger partial charge is 0.387 e. The van der Waals surface area contributed by atoms with Crippen LogP contribution in [-0.2, 0) is 18.4 Å². The number of nitrogens with zero attached hydrogens (tertiary/aromatic N) is 1. The van der Waals surface area contributed by atoms with Crippen molar-refractivity contribution >= 4 is 13.7 Å². The Morgan fingerprint density at radius 2 is 1.92 bits per heavy atom. The zero-order valence-electron chi connectivity index (χ0n) is 16.0. The molecule has 0 aliphatic rings.